The zero-order valence-electron chi connectivity index (χ0n) is 69.1. The molecule has 7 N–H and O–H groups in total. The largest absolute Gasteiger partial charge is 0.466 e. The maximum absolute atomic E-state index is 11.7. The van der Waals surface area contributed by atoms with Crippen molar-refractivity contribution in [3.05, 3.63) is 213 Å². The number of hydrogen-bond donors (Lipinski definition) is 7. The number of nitrogens with one attached hydrogen (secondary N) is 7. The number of rotatable bonds is 12. The van der Waals surface area contributed by atoms with Gasteiger partial charge in [0, 0.05) is 104 Å². The smallest absolute Gasteiger partial charge is 0.407 e. The number of nitrogens with zero attached hydrogens (tertiary/aromatic N) is 1. The van der Waals surface area contributed by atoms with Crippen LogP contribution in [-0.2, 0) is 70.8 Å². The molecule has 0 saturated heterocycles. The Morgan fingerprint density at radius 1 is 0.453 bits per heavy atom. The van der Waals surface area contributed by atoms with Gasteiger partial charge in [-0.1, -0.05) is 211 Å². The molecule has 6 aromatic heterocycles. The number of amides is 1. The minimum atomic E-state index is -0.464. The minimum absolute atomic E-state index is 0.126. The maximum atomic E-state index is 11.7. The molecule has 1 amide bonds. The fourth-order valence-corrected chi connectivity index (χ4v) is 12.5. The van der Waals surface area contributed by atoms with Crippen molar-refractivity contribution in [1.82, 2.24) is 35.2 Å². The van der Waals surface area contributed by atoms with Gasteiger partial charge >= 0.3 is 12.1 Å². The Morgan fingerprint density at radius 2 is 0.830 bits per heavy atom. The second-order valence-electron chi connectivity index (χ2n) is 35.5. The van der Waals surface area contributed by atoms with Crippen LogP contribution in [0.5, 0.6) is 0 Å². The number of ether oxygens (including phenoxy) is 3. The molecule has 0 aliphatic carbocycles. The first-order valence-electron chi connectivity index (χ1n) is 38.2. The summed E-state index contributed by atoms with van der Waals surface area (Å²) in [5, 5.41) is 19.0. The quantitative estimate of drug-likeness (QED) is 0.0470. The number of aromatic amines is 6. The fraction of sp³-hybridized carbons (Fsp3) is 0.452. The Bertz CT molecular complexity index is 4900. The number of esters is 1. The van der Waals surface area contributed by atoms with Gasteiger partial charge in [0.2, 0.25) is 0 Å². The fourth-order valence-electron chi connectivity index (χ4n) is 12.5. The number of H-pyrrole nitrogens is 6. The van der Waals surface area contributed by atoms with Crippen molar-refractivity contribution in [3.8, 4) is 6.07 Å². The Labute approximate surface area is 633 Å². The van der Waals surface area contributed by atoms with Crippen molar-refractivity contribution >= 4 is 77.5 Å². The third kappa shape index (κ3) is 23.6. The second-order valence-corrected chi connectivity index (χ2v) is 35.5. The lowest BCUT2D eigenvalue weighted by Gasteiger charge is -2.19. The molecule has 0 bridgehead atoms. The van der Waals surface area contributed by atoms with Crippen LogP contribution < -0.4 is 5.32 Å². The Morgan fingerprint density at radius 3 is 1.25 bits per heavy atom. The van der Waals surface area contributed by atoms with Crippen molar-refractivity contribution in [1.29, 1.82) is 5.26 Å². The number of hydrogen-bond acceptors (Lipinski definition) is 6. The summed E-state index contributed by atoms with van der Waals surface area (Å²) in [5.74, 6) is 0.451. The predicted octanol–water partition coefficient (Wildman–Crippen LogP) is 24.2. The average molecular weight is 1440 g/mol. The second kappa shape index (κ2) is 35.0. The number of aromatic nitrogens is 6. The highest BCUT2D eigenvalue weighted by atomic mass is 16.6. The molecule has 568 valence electrons. The monoisotopic (exact) mass is 1430 g/mol. The topological polar surface area (TPSA) is 192 Å². The summed E-state index contributed by atoms with van der Waals surface area (Å²) >= 11 is 0. The first-order chi connectivity index (χ1) is 49.4. The molecule has 12 aromatic rings. The van der Waals surface area contributed by atoms with Gasteiger partial charge in [-0.05, 0) is 209 Å². The van der Waals surface area contributed by atoms with Crippen LogP contribution in [0.25, 0.3) is 65.4 Å². The molecular weight excluding hydrogens is 1310 g/mol. The summed E-state index contributed by atoms with van der Waals surface area (Å²) in [6, 6.07) is 45.6. The van der Waals surface area contributed by atoms with Gasteiger partial charge in [-0.25, -0.2) is 4.79 Å². The van der Waals surface area contributed by atoms with Crippen LogP contribution in [0.1, 0.15) is 252 Å². The number of benzene rings is 6. The lowest BCUT2D eigenvalue weighted by molar-refractivity contribution is -0.142. The van der Waals surface area contributed by atoms with Crippen molar-refractivity contribution in [3.63, 3.8) is 0 Å². The zero-order chi connectivity index (χ0) is 78.5. The lowest BCUT2D eigenvalue weighted by atomic mass is 9.86. The Balaban J connectivity index is 0.000000179. The average Bonchev–Trinajstić information content (AvgIpc) is 1.66. The SMILES string of the molecule is CC(C)(C)OC(=O)NCCc1c[nH]c2cc(C(C)(C)C)ccc12.CC(C)(C)c1ccc2cc(C#N)[nH]c2c1.CCC(C)c1c[nH]c2cc(C(C)(C)C)ccc12.CCOC(=O)Cc1c[nH]c2cc(C(C)(C)C)ccc12.CCOCCc1c[nH]c2cc(C(C)(C)C)ccc12.Cc1cc2ccc(C(C)(C)C)cc2[nH]1. The van der Waals surface area contributed by atoms with E-state index in [1.54, 1.807) is 0 Å². The zero-order valence-corrected chi connectivity index (χ0v) is 69.1. The van der Waals surface area contributed by atoms with Crippen LogP contribution >= 0.6 is 0 Å². The maximum Gasteiger partial charge on any atom is 0.407 e. The molecule has 106 heavy (non-hydrogen) atoms. The van der Waals surface area contributed by atoms with Crippen LogP contribution in [0.2, 0.25) is 0 Å². The van der Waals surface area contributed by atoms with E-state index in [4.69, 9.17) is 19.5 Å². The number of aryl methyl sites for hydroxylation is 1. The Kier molecular flexibility index (Phi) is 27.7. The van der Waals surface area contributed by atoms with Crippen LogP contribution in [0.15, 0.2) is 146 Å². The van der Waals surface area contributed by atoms with Gasteiger partial charge in [0.1, 0.15) is 17.4 Å². The molecule has 0 fully saturated rings. The Hall–Kier alpha value is -9.25. The molecule has 0 saturated carbocycles. The molecule has 0 spiro atoms. The number of alkyl carbamates (subject to hydrolysis) is 1. The number of carbonyl (C=O) groups excluding carboxylic acids is 2. The van der Waals surface area contributed by atoms with Gasteiger partial charge in [-0.2, -0.15) is 5.26 Å². The van der Waals surface area contributed by atoms with E-state index in [2.05, 4.69) is 314 Å². The van der Waals surface area contributed by atoms with Crippen LogP contribution in [0, 0.1) is 18.3 Å². The summed E-state index contributed by atoms with van der Waals surface area (Å²) in [6.07, 6.45) is 11.1. The van der Waals surface area contributed by atoms with Gasteiger partial charge in [-0.15, -0.1) is 0 Å². The van der Waals surface area contributed by atoms with E-state index >= 15 is 0 Å². The van der Waals surface area contributed by atoms with Crippen LogP contribution in [0.4, 0.5) is 4.79 Å². The van der Waals surface area contributed by atoms with E-state index < -0.39 is 5.60 Å². The normalized spacial score (nSPS) is 12.4. The van der Waals surface area contributed by atoms with E-state index in [0.29, 0.717) is 31.2 Å². The minimum Gasteiger partial charge on any atom is -0.466 e. The van der Waals surface area contributed by atoms with Crippen molar-refractivity contribution in [2.45, 2.75) is 250 Å². The summed E-state index contributed by atoms with van der Waals surface area (Å²) in [5.41, 5.74) is 22.5. The van der Waals surface area contributed by atoms with Crippen molar-refractivity contribution in [2.24, 2.45) is 0 Å². The number of fused-ring (bicyclic) bond motifs is 6. The highest BCUT2D eigenvalue weighted by Crippen LogP contribution is 2.35. The molecular formula is C93H126N8O5. The molecule has 12 rings (SSSR count). The summed E-state index contributed by atoms with van der Waals surface area (Å²) in [4.78, 5) is 43.0. The summed E-state index contributed by atoms with van der Waals surface area (Å²) < 4.78 is 15.6. The molecule has 0 aliphatic heterocycles. The van der Waals surface area contributed by atoms with Crippen molar-refractivity contribution in [2.75, 3.05) is 26.4 Å². The molecule has 13 nitrogen and oxygen atoms in total. The van der Waals surface area contributed by atoms with E-state index in [-0.39, 0.29) is 44.6 Å². The molecule has 6 aromatic carbocycles. The molecule has 1 atom stereocenters. The van der Waals surface area contributed by atoms with Crippen LogP contribution in [0.3, 0.4) is 0 Å². The third-order valence-electron chi connectivity index (χ3n) is 19.3. The molecule has 0 aliphatic rings. The molecule has 13 heteroatoms. The standard InChI is InChI=1S/C19H28N2O2.C16H21NO2.C16H23NO.C16H23N.C13H14N2.C13H17N/c1-18(2,3)14-7-8-15-13(12-21-16(15)11-14)9-10-20-17(22)23-19(4,5)6;1-5-19-15(18)8-11-10-17-14-9-12(16(2,3)4)6-7-13(11)14;1-5-18-9-8-12-11-17-15-10-13(16(2,3)4)6-7-14(12)15;1-6-11(2)14-10-17-15-9-12(16(3,4)5)7-8-13(14)15;1-13(2,3)10-5-4-9-6-11(8-14)15-12(9)7-10;1-9-7-10-5-6-11(13(2,3)4)8-12(10)14-9/h7-8,11-12,21H,9-10H2,1-6H3,(H,20,22);6-7,9-10,17H,5,8H2,1-4H3;6-7,10-11,17H,5,8-9H2,1-4H3;7-11,17H,6H2,1-5H3;4-7,15H,1-3H3;5-8,14H,1-4H3. The number of nitriles is 1. The highest BCUT2D eigenvalue weighted by Gasteiger charge is 2.22. The lowest BCUT2D eigenvalue weighted by Crippen LogP contribution is -2.33. The van der Waals surface area contributed by atoms with E-state index in [1.165, 1.54) is 100 Å². The summed E-state index contributed by atoms with van der Waals surface area (Å²) in [6.45, 7) is 58.6. The molecule has 6 heterocycles. The first-order valence-corrected chi connectivity index (χ1v) is 38.2. The van der Waals surface area contributed by atoms with Gasteiger partial charge in [0.05, 0.1) is 19.6 Å². The van der Waals surface area contributed by atoms with Crippen molar-refractivity contribution < 1.29 is 23.8 Å². The van der Waals surface area contributed by atoms with E-state index in [1.807, 2.05) is 53.1 Å². The van der Waals surface area contributed by atoms with Crippen LogP contribution in [-0.4, -0.2) is 73.9 Å². The molecule has 1 unspecified atom stereocenters. The predicted molar refractivity (Wildman–Crippen MR) is 449 cm³/mol. The number of carbonyl (C=O) groups is 2. The highest BCUT2D eigenvalue weighted by molar-refractivity contribution is 5.89. The van der Waals surface area contributed by atoms with Gasteiger partial charge in [0.15, 0.2) is 0 Å². The summed E-state index contributed by atoms with van der Waals surface area (Å²) in [7, 11) is 0. The van der Waals surface area contributed by atoms with Gasteiger partial charge in [-0.3, -0.25) is 4.79 Å². The van der Waals surface area contributed by atoms with E-state index in [0.717, 1.165) is 58.9 Å². The van der Waals surface area contributed by atoms with E-state index in [9.17, 15) is 9.59 Å². The first kappa shape index (κ1) is 84.0. The van der Waals surface area contributed by atoms with Gasteiger partial charge in [0.25, 0.3) is 0 Å². The third-order valence-corrected chi connectivity index (χ3v) is 19.3. The molecule has 0 radical (unpaired) electrons. The van der Waals surface area contributed by atoms with Gasteiger partial charge < -0.3 is 49.4 Å².